The maximum Gasteiger partial charge on any atom is 0.414 e. The fourth-order valence-electron chi connectivity index (χ4n) is 6.15. The maximum absolute atomic E-state index is 14.0. The van der Waals surface area contributed by atoms with Gasteiger partial charge in [0.1, 0.15) is 5.60 Å². The van der Waals surface area contributed by atoms with Gasteiger partial charge in [0, 0.05) is 61.3 Å². The van der Waals surface area contributed by atoms with E-state index in [1.807, 2.05) is 65.1 Å². The summed E-state index contributed by atoms with van der Waals surface area (Å²) in [6, 6.07) is 22.1. The maximum atomic E-state index is 14.0. The number of hydrogen-bond acceptors (Lipinski definition) is 6. The Bertz CT molecular complexity index is 2240. The highest BCUT2D eigenvalue weighted by Crippen LogP contribution is 2.36. The van der Waals surface area contributed by atoms with E-state index in [0.29, 0.717) is 28.7 Å². The molecule has 0 N–H and O–H groups in total. The first-order valence-electron chi connectivity index (χ1n) is 16.6. The molecule has 0 spiro atoms. The number of pyridine rings is 1. The van der Waals surface area contributed by atoms with Gasteiger partial charge in [0.15, 0.2) is 5.65 Å². The number of allylic oxidation sites excluding steroid dienone is 1. The zero-order chi connectivity index (χ0) is 36.0. The van der Waals surface area contributed by atoms with Crippen molar-refractivity contribution >= 4 is 38.6 Å². The van der Waals surface area contributed by atoms with Gasteiger partial charge in [-0.3, -0.25) is 9.69 Å². The number of nitrogens with zero attached hydrogens (tertiary/aromatic N) is 4. The molecule has 2 aromatic heterocycles. The fourth-order valence-corrected chi connectivity index (χ4v) is 7.48. The molecular formula is C40H42N4O5S. The molecule has 0 saturated heterocycles. The van der Waals surface area contributed by atoms with Crippen molar-refractivity contribution in [2.75, 3.05) is 20.6 Å². The molecule has 3 aromatic carbocycles. The monoisotopic (exact) mass is 690 g/mol. The Balaban J connectivity index is 1.42. The van der Waals surface area contributed by atoms with Crippen LogP contribution in [0.3, 0.4) is 0 Å². The Hall–Kier alpha value is -5.22. The van der Waals surface area contributed by atoms with E-state index in [1.165, 1.54) is 8.87 Å². The van der Waals surface area contributed by atoms with Gasteiger partial charge in [-0.2, -0.15) is 0 Å². The molecule has 3 heterocycles. The molecule has 9 nitrogen and oxygen atoms in total. The van der Waals surface area contributed by atoms with Crippen LogP contribution >= 0.6 is 0 Å². The van der Waals surface area contributed by atoms with E-state index in [0.717, 1.165) is 51.8 Å². The van der Waals surface area contributed by atoms with Crippen LogP contribution in [0.4, 0.5) is 4.79 Å². The number of amides is 2. The lowest BCUT2D eigenvalue weighted by Crippen LogP contribution is -2.35. The lowest BCUT2D eigenvalue weighted by molar-refractivity contribution is 0.0329. The van der Waals surface area contributed by atoms with Crippen LogP contribution in [0.2, 0.25) is 0 Å². The van der Waals surface area contributed by atoms with Gasteiger partial charge in [-0.05, 0) is 106 Å². The summed E-state index contributed by atoms with van der Waals surface area (Å²) >= 11 is 0. The first-order valence-corrected chi connectivity index (χ1v) is 18.0. The molecule has 0 aliphatic carbocycles. The molecule has 1 aliphatic rings. The van der Waals surface area contributed by atoms with E-state index < -0.39 is 15.6 Å². The number of aromatic nitrogens is 2. The summed E-state index contributed by atoms with van der Waals surface area (Å²) in [7, 11) is -0.574. The Kier molecular flexibility index (Phi) is 9.17. The third-order valence-electron chi connectivity index (χ3n) is 8.73. The SMILES string of the molecule is Cc1ccc(S(=O)(=O)n2cc(-c3ccc(C(=O)N(C)C)cc3)c3cc(-c4ccc(C5=CN(C(=O)OC(C)(C)C)CCC5)c(C)c4)cnc32)cc1. The van der Waals surface area contributed by atoms with Crippen molar-refractivity contribution < 1.29 is 22.7 Å². The summed E-state index contributed by atoms with van der Waals surface area (Å²) in [6.45, 7) is 10.1. The van der Waals surface area contributed by atoms with Crippen LogP contribution in [-0.2, 0) is 14.8 Å². The second kappa shape index (κ2) is 13.2. The number of carbonyl (C=O) groups is 2. The van der Waals surface area contributed by atoms with E-state index >= 15 is 0 Å². The van der Waals surface area contributed by atoms with Crippen molar-refractivity contribution in [1.82, 2.24) is 18.8 Å². The quantitative estimate of drug-likeness (QED) is 0.178. The predicted molar refractivity (Wildman–Crippen MR) is 197 cm³/mol. The molecule has 0 saturated carbocycles. The van der Waals surface area contributed by atoms with E-state index in [-0.39, 0.29) is 16.9 Å². The van der Waals surface area contributed by atoms with E-state index in [2.05, 4.69) is 12.1 Å². The van der Waals surface area contributed by atoms with Crippen LogP contribution in [0.5, 0.6) is 0 Å². The molecular weight excluding hydrogens is 649 g/mol. The van der Waals surface area contributed by atoms with Crippen molar-refractivity contribution in [1.29, 1.82) is 0 Å². The van der Waals surface area contributed by atoms with Crippen LogP contribution < -0.4 is 0 Å². The van der Waals surface area contributed by atoms with Gasteiger partial charge >= 0.3 is 6.09 Å². The van der Waals surface area contributed by atoms with Crippen LogP contribution in [0.15, 0.2) is 96.3 Å². The summed E-state index contributed by atoms with van der Waals surface area (Å²) in [4.78, 5) is 33.4. The van der Waals surface area contributed by atoms with E-state index in [4.69, 9.17) is 9.72 Å². The standard InChI is InChI=1S/C40H42N4O5S/c1-26-10-17-33(18-11-26)50(47,48)44-25-36(28-12-14-29(15-13-28)38(45)42(6)7)35-22-32(23-41-37(35)44)30-16-19-34(27(2)21-30)31-9-8-20-43(24-31)39(46)49-40(3,4)5/h10-19,21-25H,8-9,20H2,1-7H3. The highest BCUT2D eigenvalue weighted by atomic mass is 32.2. The Morgan fingerprint density at radius 1 is 0.860 bits per heavy atom. The molecule has 5 aromatic rings. The number of carbonyl (C=O) groups excluding carboxylic acids is 2. The highest BCUT2D eigenvalue weighted by Gasteiger charge is 2.26. The van der Waals surface area contributed by atoms with Crippen molar-refractivity contribution in [2.24, 2.45) is 0 Å². The van der Waals surface area contributed by atoms with Crippen LogP contribution in [0, 0.1) is 13.8 Å². The number of benzene rings is 3. The topological polar surface area (TPSA) is 102 Å². The average molecular weight is 691 g/mol. The van der Waals surface area contributed by atoms with Gasteiger partial charge in [0.25, 0.3) is 15.9 Å². The first-order chi connectivity index (χ1) is 23.6. The molecule has 258 valence electrons. The molecule has 10 heteroatoms. The van der Waals surface area contributed by atoms with E-state index in [1.54, 1.807) is 67.8 Å². The Morgan fingerprint density at radius 2 is 1.54 bits per heavy atom. The molecule has 50 heavy (non-hydrogen) atoms. The van der Waals surface area contributed by atoms with Crippen molar-refractivity contribution in [3.05, 3.63) is 114 Å². The molecule has 0 radical (unpaired) electrons. The molecule has 0 fully saturated rings. The second-order valence-electron chi connectivity index (χ2n) is 14.0. The minimum Gasteiger partial charge on any atom is -0.443 e. The third-order valence-corrected chi connectivity index (χ3v) is 10.4. The Morgan fingerprint density at radius 3 is 2.18 bits per heavy atom. The molecule has 0 atom stereocenters. The third kappa shape index (κ3) is 6.93. The zero-order valence-electron chi connectivity index (χ0n) is 29.5. The number of aryl methyl sites for hydroxylation is 2. The number of ether oxygens (including phenoxy) is 1. The van der Waals surface area contributed by atoms with Crippen molar-refractivity contribution in [3.8, 4) is 22.3 Å². The van der Waals surface area contributed by atoms with Crippen LogP contribution in [-0.4, -0.2) is 65.4 Å². The minimum absolute atomic E-state index is 0.120. The lowest BCUT2D eigenvalue weighted by atomic mass is 9.92. The molecule has 0 unspecified atom stereocenters. The van der Waals surface area contributed by atoms with Crippen molar-refractivity contribution in [3.63, 3.8) is 0 Å². The number of hydrogen-bond donors (Lipinski definition) is 0. The molecule has 2 amide bonds. The lowest BCUT2D eigenvalue weighted by Gasteiger charge is -2.29. The van der Waals surface area contributed by atoms with Crippen LogP contribution in [0.25, 0.3) is 38.9 Å². The Labute approximate surface area is 293 Å². The largest absolute Gasteiger partial charge is 0.443 e. The summed E-state index contributed by atoms with van der Waals surface area (Å²) in [5.41, 5.74) is 7.57. The summed E-state index contributed by atoms with van der Waals surface area (Å²) in [5, 5.41) is 0.662. The average Bonchev–Trinajstić information content (AvgIpc) is 3.47. The summed E-state index contributed by atoms with van der Waals surface area (Å²) < 4.78 is 34.8. The smallest absolute Gasteiger partial charge is 0.414 e. The van der Waals surface area contributed by atoms with Crippen molar-refractivity contribution in [2.45, 2.75) is 58.0 Å². The number of rotatable bonds is 6. The molecule has 6 rings (SSSR count). The van der Waals surface area contributed by atoms with Gasteiger partial charge in [0.05, 0.1) is 4.90 Å². The second-order valence-corrected chi connectivity index (χ2v) is 15.8. The number of fused-ring (bicyclic) bond motifs is 1. The highest BCUT2D eigenvalue weighted by molar-refractivity contribution is 7.90. The summed E-state index contributed by atoms with van der Waals surface area (Å²) in [5.74, 6) is -0.120. The zero-order valence-corrected chi connectivity index (χ0v) is 30.3. The van der Waals surface area contributed by atoms with Gasteiger partial charge in [-0.25, -0.2) is 22.2 Å². The summed E-state index contributed by atoms with van der Waals surface area (Å²) in [6.07, 6.45) is 6.54. The van der Waals surface area contributed by atoms with Gasteiger partial charge in [-0.1, -0.05) is 48.0 Å². The minimum atomic E-state index is -3.98. The molecule has 0 bridgehead atoms. The van der Waals surface area contributed by atoms with Gasteiger partial charge < -0.3 is 9.64 Å². The normalized spacial score (nSPS) is 13.7. The first kappa shape index (κ1) is 34.6. The fraction of sp³-hybridized carbons (Fsp3) is 0.275. The van der Waals surface area contributed by atoms with Gasteiger partial charge in [0.2, 0.25) is 0 Å². The van der Waals surface area contributed by atoms with Crippen LogP contribution in [0.1, 0.15) is 60.7 Å². The predicted octanol–water partition coefficient (Wildman–Crippen LogP) is 8.30. The van der Waals surface area contributed by atoms with Gasteiger partial charge in [-0.15, -0.1) is 0 Å². The van der Waals surface area contributed by atoms with E-state index in [9.17, 15) is 18.0 Å². The molecule has 1 aliphatic heterocycles.